The summed E-state index contributed by atoms with van der Waals surface area (Å²) in [5, 5.41) is 7.83. The van der Waals surface area contributed by atoms with Crippen molar-refractivity contribution in [3.05, 3.63) is 275 Å². The minimum absolute atomic E-state index is 0.142. The molecule has 4 unspecified atom stereocenters. The molecule has 0 nitrogen and oxygen atoms in total. The largest absolute Gasteiger partial charge is 0.0761 e. The first-order valence-electron chi connectivity index (χ1n) is 22.0. The maximum Gasteiger partial charge on any atom is 0.0138 e. The lowest BCUT2D eigenvalue weighted by molar-refractivity contribution is 0.665. The average molecular weight is 789 g/mol. The van der Waals surface area contributed by atoms with Crippen molar-refractivity contribution in [2.45, 2.75) is 0 Å². The predicted molar refractivity (Wildman–Crippen MR) is 262 cm³/mol. The van der Waals surface area contributed by atoms with Gasteiger partial charge in [0.2, 0.25) is 0 Å². The van der Waals surface area contributed by atoms with Crippen LogP contribution >= 0.6 is 0 Å². The summed E-state index contributed by atoms with van der Waals surface area (Å²) >= 11 is 0. The van der Waals surface area contributed by atoms with Crippen molar-refractivity contribution in [1.29, 1.82) is 0 Å². The number of fused-ring (bicyclic) bond motifs is 5. The molecule has 0 N–H and O–H groups in total. The van der Waals surface area contributed by atoms with Crippen molar-refractivity contribution in [1.82, 2.24) is 0 Å². The number of rotatable bonds is 6. The first-order valence-corrected chi connectivity index (χ1v) is 22.0. The van der Waals surface area contributed by atoms with Crippen molar-refractivity contribution in [3.8, 4) is 22.3 Å². The molecule has 12 rings (SSSR count). The highest BCUT2D eigenvalue weighted by molar-refractivity contribution is 6.17. The summed E-state index contributed by atoms with van der Waals surface area (Å²) in [6.45, 7) is 0. The van der Waals surface area contributed by atoms with Gasteiger partial charge in [-0.25, -0.2) is 0 Å². The molecule has 0 bridgehead atoms. The molecule has 0 saturated heterocycles. The minimum atomic E-state index is 0.142. The molecule has 8 aromatic carbocycles. The Kier molecular flexibility index (Phi) is 8.89. The summed E-state index contributed by atoms with van der Waals surface area (Å²) in [5.41, 5.74) is 15.6. The predicted octanol–water partition coefficient (Wildman–Crippen LogP) is 13.9. The molecular formula is C62H44. The van der Waals surface area contributed by atoms with E-state index in [1.807, 2.05) is 0 Å². The highest BCUT2D eigenvalue weighted by Gasteiger charge is 2.35. The minimum Gasteiger partial charge on any atom is -0.0761 e. The lowest BCUT2D eigenvalue weighted by Crippen LogP contribution is -2.40. The molecular weight excluding hydrogens is 745 g/mol. The Balaban J connectivity index is 1.06. The average Bonchev–Trinajstić information content (AvgIpc) is 3.35. The third-order valence-corrected chi connectivity index (χ3v) is 13.6. The second kappa shape index (κ2) is 15.2. The maximum absolute atomic E-state index is 2.51. The van der Waals surface area contributed by atoms with Crippen molar-refractivity contribution in [2.24, 2.45) is 23.7 Å². The van der Waals surface area contributed by atoms with Crippen LogP contribution in [0.2, 0.25) is 0 Å². The second-order valence-electron chi connectivity index (χ2n) is 17.0. The molecule has 0 aromatic heterocycles. The molecule has 0 saturated carbocycles. The van der Waals surface area contributed by atoms with Crippen LogP contribution in [0.4, 0.5) is 0 Å². The van der Waals surface area contributed by atoms with Crippen LogP contribution in [0.15, 0.2) is 243 Å². The van der Waals surface area contributed by atoms with Gasteiger partial charge in [-0.1, -0.05) is 243 Å². The van der Waals surface area contributed by atoms with Crippen LogP contribution in [-0.4, -0.2) is 0 Å². The van der Waals surface area contributed by atoms with Crippen molar-refractivity contribution in [3.63, 3.8) is 0 Å². The van der Waals surface area contributed by atoms with Gasteiger partial charge in [-0.15, -0.1) is 0 Å². The van der Waals surface area contributed by atoms with Gasteiger partial charge in [0.25, 0.3) is 0 Å². The second-order valence-corrected chi connectivity index (χ2v) is 17.0. The summed E-state index contributed by atoms with van der Waals surface area (Å²) in [4.78, 5) is 0. The van der Waals surface area contributed by atoms with E-state index in [0.717, 1.165) is 0 Å². The van der Waals surface area contributed by atoms with Crippen molar-refractivity contribution in [2.75, 3.05) is 0 Å². The Morgan fingerprint density at radius 1 is 0.290 bits per heavy atom. The molecule has 4 atom stereocenters. The highest BCUT2D eigenvalue weighted by atomic mass is 14.4. The Morgan fingerprint density at radius 3 is 1.35 bits per heavy atom. The molecule has 8 aromatic rings. The van der Waals surface area contributed by atoms with Crippen LogP contribution in [0.25, 0.3) is 66.1 Å². The molecule has 292 valence electrons. The number of benzene rings is 8. The fourth-order valence-corrected chi connectivity index (χ4v) is 10.8. The highest BCUT2D eigenvalue weighted by Crippen LogP contribution is 2.48. The summed E-state index contributed by atoms with van der Waals surface area (Å²) < 4.78 is 0. The van der Waals surface area contributed by atoms with Crippen LogP contribution in [0.5, 0.6) is 0 Å². The monoisotopic (exact) mass is 788 g/mol. The van der Waals surface area contributed by atoms with E-state index < -0.39 is 0 Å². The van der Waals surface area contributed by atoms with Gasteiger partial charge < -0.3 is 0 Å². The van der Waals surface area contributed by atoms with Gasteiger partial charge >= 0.3 is 0 Å². The first kappa shape index (κ1) is 36.3. The van der Waals surface area contributed by atoms with Gasteiger partial charge in [0.15, 0.2) is 0 Å². The van der Waals surface area contributed by atoms with E-state index >= 15 is 0 Å². The van der Waals surface area contributed by atoms with Crippen LogP contribution in [0.3, 0.4) is 0 Å². The number of hydrogen-bond acceptors (Lipinski definition) is 0. The van der Waals surface area contributed by atoms with E-state index in [2.05, 4.69) is 243 Å². The summed E-state index contributed by atoms with van der Waals surface area (Å²) in [6, 6.07) is 67.1. The Labute approximate surface area is 363 Å². The first-order chi connectivity index (χ1) is 30.8. The topological polar surface area (TPSA) is 0 Å². The molecule has 0 heterocycles. The van der Waals surface area contributed by atoms with Gasteiger partial charge in [-0.3, -0.25) is 0 Å². The van der Waals surface area contributed by atoms with Crippen molar-refractivity contribution < 1.29 is 0 Å². The summed E-state index contributed by atoms with van der Waals surface area (Å²) in [5.74, 6) is 0.929. The molecule has 0 fully saturated rings. The third-order valence-electron chi connectivity index (χ3n) is 13.6. The number of allylic oxidation sites excluding steroid dienone is 12. The molecule has 4 aliphatic rings. The van der Waals surface area contributed by atoms with E-state index in [4.69, 9.17) is 0 Å². The lowest BCUT2D eigenvalue weighted by atomic mass is 9.68. The van der Waals surface area contributed by atoms with Gasteiger partial charge in [-0.05, 0) is 98.8 Å². The van der Waals surface area contributed by atoms with Crippen molar-refractivity contribution >= 4 is 43.8 Å². The number of hydrogen-bond donors (Lipinski definition) is 0. The fourth-order valence-electron chi connectivity index (χ4n) is 10.8. The molecule has 0 heteroatoms. The zero-order chi connectivity index (χ0) is 41.0. The van der Waals surface area contributed by atoms with Gasteiger partial charge in [0, 0.05) is 23.7 Å². The molecule has 0 amide bonds. The van der Waals surface area contributed by atoms with Crippen LogP contribution in [-0.2, 0) is 0 Å². The van der Waals surface area contributed by atoms with E-state index in [1.165, 1.54) is 98.8 Å². The Hall–Kier alpha value is -7.54. The normalized spacial score (nSPS) is 19.8. The van der Waals surface area contributed by atoms with Gasteiger partial charge in [-0.2, -0.15) is 0 Å². The van der Waals surface area contributed by atoms with E-state index in [9.17, 15) is 0 Å². The third kappa shape index (κ3) is 6.06. The zero-order valence-electron chi connectivity index (χ0n) is 34.4. The summed E-state index contributed by atoms with van der Waals surface area (Å²) in [6.07, 6.45) is 23.9. The standard InChI is InChI=1S/C62H44/c1-3-17-41(18-4-1)43-31-33-44(34-32-43)49-21-7-8-22-50(49)60-53-25-11-15-29-57(53)62(58-30-16-12-26-54(58)60)61-55-27-13-9-23-51(55)59(52-24-10-14-28-56(52)61)48-38-37-46-39-45(35-36-47(46)40-48)42-19-5-2-6-20-42/h1-40,46-47,53,57H. The molecule has 0 aliphatic heterocycles. The Bertz CT molecular complexity index is 3330. The molecule has 62 heavy (non-hydrogen) atoms. The van der Waals surface area contributed by atoms with Gasteiger partial charge in [0.05, 0.1) is 0 Å². The van der Waals surface area contributed by atoms with Crippen LogP contribution < -0.4 is 10.4 Å². The van der Waals surface area contributed by atoms with Crippen LogP contribution in [0.1, 0.15) is 22.3 Å². The van der Waals surface area contributed by atoms with E-state index in [-0.39, 0.29) is 11.8 Å². The van der Waals surface area contributed by atoms with E-state index in [0.29, 0.717) is 11.8 Å². The van der Waals surface area contributed by atoms with E-state index in [1.54, 1.807) is 0 Å². The SMILES string of the molecule is C1=CC2C(c3ccccc3-c3ccc(-c4ccccc4)cc3)=c3ccccc3=C(c3c4ccccc4c(C4=CC5C=CC(c6ccccc6)=CC5C=C4)c4ccccc34)C2C=C1. The molecule has 4 aliphatic carbocycles. The maximum atomic E-state index is 2.51. The fraction of sp³-hybridized carbons (Fsp3) is 0.0645. The smallest absolute Gasteiger partial charge is 0.0138 e. The molecule has 0 spiro atoms. The molecule has 0 radical (unpaired) electrons. The van der Waals surface area contributed by atoms with Gasteiger partial charge in [0.1, 0.15) is 0 Å². The quantitative estimate of drug-likeness (QED) is 0.147. The zero-order valence-corrected chi connectivity index (χ0v) is 34.4. The lowest BCUT2D eigenvalue weighted by Gasteiger charge is -2.35. The summed E-state index contributed by atoms with van der Waals surface area (Å²) in [7, 11) is 0. The Morgan fingerprint density at radius 2 is 0.726 bits per heavy atom. The van der Waals surface area contributed by atoms with Crippen LogP contribution in [0, 0.1) is 23.7 Å².